The molecular weight excluding hydrogens is 304 g/mol. The summed E-state index contributed by atoms with van der Waals surface area (Å²) in [5, 5.41) is 11.3. The first-order valence-corrected chi connectivity index (χ1v) is 8.15. The number of nitrogens with zero attached hydrogens (tertiary/aromatic N) is 3. The van der Waals surface area contributed by atoms with Crippen LogP contribution in [0.1, 0.15) is 28.6 Å². The minimum atomic E-state index is -0.208. The van der Waals surface area contributed by atoms with Gasteiger partial charge in [0, 0.05) is 31.5 Å². The van der Waals surface area contributed by atoms with Gasteiger partial charge < -0.3 is 14.3 Å². The molecule has 3 heterocycles. The molecule has 3 aromatic rings. The summed E-state index contributed by atoms with van der Waals surface area (Å²) < 4.78 is 7.54. The Morgan fingerprint density at radius 3 is 2.96 bits per heavy atom. The van der Waals surface area contributed by atoms with Gasteiger partial charge in [0.15, 0.2) is 5.76 Å². The molecule has 4 rings (SSSR count). The zero-order valence-electron chi connectivity index (χ0n) is 13.2. The van der Waals surface area contributed by atoms with Gasteiger partial charge in [-0.2, -0.15) is 0 Å². The molecule has 1 aromatic carbocycles. The van der Waals surface area contributed by atoms with Crippen molar-refractivity contribution in [2.45, 2.75) is 25.8 Å². The Bertz CT molecular complexity index is 851. The molecule has 2 aromatic heterocycles. The summed E-state index contributed by atoms with van der Waals surface area (Å²) in [4.78, 5) is 12.4. The third kappa shape index (κ3) is 2.71. The first kappa shape index (κ1) is 14.7. The molecule has 0 saturated carbocycles. The van der Waals surface area contributed by atoms with Gasteiger partial charge in [-0.3, -0.25) is 4.79 Å². The molecule has 1 aliphatic heterocycles. The Balaban J connectivity index is 1.41. The SMILES string of the molecule is O=C(NCCc1nnc2n1CCC2)c1occc1-c1ccccc1. The first-order valence-electron chi connectivity index (χ1n) is 8.15. The lowest BCUT2D eigenvalue weighted by Crippen LogP contribution is -2.26. The Kier molecular flexibility index (Phi) is 3.86. The average molecular weight is 322 g/mol. The molecule has 0 saturated heterocycles. The first-order chi connectivity index (χ1) is 11.8. The number of hydrogen-bond donors (Lipinski definition) is 1. The van der Waals surface area contributed by atoms with E-state index >= 15 is 0 Å². The lowest BCUT2D eigenvalue weighted by molar-refractivity contribution is 0.0927. The number of fused-ring (bicyclic) bond motifs is 1. The average Bonchev–Trinajstić information content (AvgIpc) is 3.33. The molecule has 6 nitrogen and oxygen atoms in total. The number of carbonyl (C=O) groups excluding carboxylic acids is 1. The maximum Gasteiger partial charge on any atom is 0.287 e. The topological polar surface area (TPSA) is 73.0 Å². The molecule has 1 aliphatic rings. The monoisotopic (exact) mass is 322 g/mol. The van der Waals surface area contributed by atoms with Crippen molar-refractivity contribution >= 4 is 5.91 Å². The number of furan rings is 1. The van der Waals surface area contributed by atoms with Crippen LogP contribution in [0.4, 0.5) is 0 Å². The van der Waals surface area contributed by atoms with Gasteiger partial charge in [-0.05, 0) is 18.1 Å². The van der Waals surface area contributed by atoms with Gasteiger partial charge in [-0.25, -0.2) is 0 Å². The number of rotatable bonds is 5. The highest BCUT2D eigenvalue weighted by Crippen LogP contribution is 2.24. The van der Waals surface area contributed by atoms with E-state index in [0.29, 0.717) is 18.7 Å². The molecule has 122 valence electrons. The molecule has 6 heteroatoms. The third-order valence-corrected chi connectivity index (χ3v) is 4.28. The van der Waals surface area contributed by atoms with Gasteiger partial charge >= 0.3 is 0 Å². The number of nitrogens with one attached hydrogen (secondary N) is 1. The summed E-state index contributed by atoms with van der Waals surface area (Å²) in [5.41, 5.74) is 1.77. The highest BCUT2D eigenvalue weighted by atomic mass is 16.3. The predicted octanol–water partition coefficient (Wildman–Crippen LogP) is 2.46. The molecule has 0 fully saturated rings. The molecule has 0 spiro atoms. The van der Waals surface area contributed by atoms with E-state index in [9.17, 15) is 4.79 Å². The van der Waals surface area contributed by atoms with E-state index in [-0.39, 0.29) is 5.91 Å². The Morgan fingerprint density at radius 2 is 2.08 bits per heavy atom. The third-order valence-electron chi connectivity index (χ3n) is 4.28. The number of benzene rings is 1. The Hall–Kier alpha value is -2.89. The van der Waals surface area contributed by atoms with E-state index in [1.807, 2.05) is 36.4 Å². The number of amides is 1. The van der Waals surface area contributed by atoms with Gasteiger partial charge in [-0.15, -0.1) is 10.2 Å². The summed E-state index contributed by atoms with van der Waals surface area (Å²) in [7, 11) is 0. The summed E-state index contributed by atoms with van der Waals surface area (Å²) in [6.07, 6.45) is 4.33. The second kappa shape index (κ2) is 6.31. The number of aromatic nitrogens is 3. The fraction of sp³-hybridized carbons (Fsp3) is 0.278. The van der Waals surface area contributed by atoms with E-state index in [1.54, 1.807) is 6.26 Å². The highest BCUT2D eigenvalue weighted by Gasteiger charge is 2.19. The van der Waals surface area contributed by atoms with Crippen molar-refractivity contribution in [3.8, 4) is 11.1 Å². The lowest BCUT2D eigenvalue weighted by Gasteiger charge is -2.06. The van der Waals surface area contributed by atoms with E-state index < -0.39 is 0 Å². The second-order valence-electron chi connectivity index (χ2n) is 5.82. The summed E-state index contributed by atoms with van der Waals surface area (Å²) in [6, 6.07) is 11.6. The molecule has 0 bridgehead atoms. The van der Waals surface area contributed by atoms with Crippen LogP contribution >= 0.6 is 0 Å². The molecule has 0 aliphatic carbocycles. The van der Waals surface area contributed by atoms with Crippen LogP contribution in [0.5, 0.6) is 0 Å². The summed E-state index contributed by atoms with van der Waals surface area (Å²) in [5.74, 6) is 2.12. The van der Waals surface area contributed by atoms with Crippen molar-refractivity contribution in [3.05, 3.63) is 60.1 Å². The number of carbonyl (C=O) groups is 1. The number of hydrogen-bond acceptors (Lipinski definition) is 4. The smallest absolute Gasteiger partial charge is 0.287 e. The van der Waals surface area contributed by atoms with Crippen LogP contribution < -0.4 is 5.32 Å². The highest BCUT2D eigenvalue weighted by molar-refractivity contribution is 5.98. The van der Waals surface area contributed by atoms with Gasteiger partial charge in [0.2, 0.25) is 0 Å². The van der Waals surface area contributed by atoms with Crippen molar-refractivity contribution in [2.75, 3.05) is 6.54 Å². The van der Waals surface area contributed by atoms with Gasteiger partial charge in [0.25, 0.3) is 5.91 Å². The predicted molar refractivity (Wildman–Crippen MR) is 88.5 cm³/mol. The maximum absolute atomic E-state index is 12.4. The standard InChI is InChI=1S/C18H18N4O2/c23-18(17-14(9-12-24-17)13-5-2-1-3-6-13)19-10-8-16-21-20-15-7-4-11-22(15)16/h1-3,5-6,9,12H,4,7-8,10-11H2,(H,19,23). The zero-order chi connectivity index (χ0) is 16.4. The normalized spacial score (nSPS) is 13.0. The molecule has 0 radical (unpaired) electrons. The van der Waals surface area contributed by atoms with Crippen LogP contribution in [-0.4, -0.2) is 27.2 Å². The van der Waals surface area contributed by atoms with Crippen molar-refractivity contribution < 1.29 is 9.21 Å². The summed E-state index contributed by atoms with van der Waals surface area (Å²) in [6.45, 7) is 1.48. The van der Waals surface area contributed by atoms with Crippen molar-refractivity contribution in [2.24, 2.45) is 0 Å². The van der Waals surface area contributed by atoms with E-state index in [1.165, 1.54) is 0 Å². The van der Waals surface area contributed by atoms with Gasteiger partial charge in [0.1, 0.15) is 11.6 Å². The van der Waals surface area contributed by atoms with Crippen LogP contribution in [0.15, 0.2) is 47.1 Å². The van der Waals surface area contributed by atoms with Crippen molar-refractivity contribution in [1.82, 2.24) is 20.1 Å². The van der Waals surface area contributed by atoms with Gasteiger partial charge in [-0.1, -0.05) is 30.3 Å². The number of aryl methyl sites for hydroxylation is 1. The molecule has 0 unspecified atom stereocenters. The maximum atomic E-state index is 12.4. The largest absolute Gasteiger partial charge is 0.459 e. The fourth-order valence-electron chi connectivity index (χ4n) is 3.09. The molecule has 1 amide bonds. The zero-order valence-corrected chi connectivity index (χ0v) is 13.2. The van der Waals surface area contributed by atoms with E-state index in [0.717, 1.165) is 42.2 Å². The quantitative estimate of drug-likeness (QED) is 0.783. The Labute approximate surface area is 139 Å². The molecule has 0 atom stereocenters. The second-order valence-corrected chi connectivity index (χ2v) is 5.82. The van der Waals surface area contributed by atoms with Crippen LogP contribution in [0.25, 0.3) is 11.1 Å². The lowest BCUT2D eigenvalue weighted by atomic mass is 10.1. The van der Waals surface area contributed by atoms with Gasteiger partial charge in [0.05, 0.1) is 6.26 Å². The fourth-order valence-corrected chi connectivity index (χ4v) is 3.09. The minimum absolute atomic E-state index is 0.208. The van der Waals surface area contributed by atoms with E-state index in [2.05, 4.69) is 20.1 Å². The van der Waals surface area contributed by atoms with Crippen molar-refractivity contribution in [3.63, 3.8) is 0 Å². The minimum Gasteiger partial charge on any atom is -0.459 e. The molecule has 24 heavy (non-hydrogen) atoms. The van der Waals surface area contributed by atoms with E-state index in [4.69, 9.17) is 4.42 Å². The van der Waals surface area contributed by atoms with Crippen LogP contribution in [0.2, 0.25) is 0 Å². The van der Waals surface area contributed by atoms with Crippen molar-refractivity contribution in [1.29, 1.82) is 0 Å². The van der Waals surface area contributed by atoms with Crippen LogP contribution in [0, 0.1) is 0 Å². The summed E-state index contributed by atoms with van der Waals surface area (Å²) >= 11 is 0. The van der Waals surface area contributed by atoms with Crippen LogP contribution in [0.3, 0.4) is 0 Å². The van der Waals surface area contributed by atoms with Crippen LogP contribution in [-0.2, 0) is 19.4 Å². The Morgan fingerprint density at radius 1 is 1.21 bits per heavy atom. The molecule has 1 N–H and O–H groups in total. The molecular formula is C18H18N4O2.